The lowest BCUT2D eigenvalue weighted by Crippen LogP contribution is -2.03. The molecule has 3 aromatic rings. The summed E-state index contributed by atoms with van der Waals surface area (Å²) < 4.78 is 7.72. The molecule has 2 N–H and O–H groups in total. The number of nitrogens with two attached hydrogens (primary N) is 1. The molecule has 0 spiro atoms. The number of nitrogen functional groups attached to an aromatic ring is 1. The lowest BCUT2D eigenvalue weighted by Gasteiger charge is -2.04. The SMILES string of the molecule is Cc1nc(Cn2c(C)c(C)c3c(N)ncnc32)oc1C. The fraction of sp³-hybridized carbons (Fsp3) is 0.357. The van der Waals surface area contributed by atoms with E-state index in [2.05, 4.69) is 19.5 Å². The summed E-state index contributed by atoms with van der Waals surface area (Å²) in [4.78, 5) is 12.8. The molecule has 0 aliphatic heterocycles. The maximum absolute atomic E-state index is 5.96. The third kappa shape index (κ3) is 1.76. The van der Waals surface area contributed by atoms with E-state index in [1.54, 1.807) is 0 Å². The second-order valence-electron chi connectivity index (χ2n) is 5.00. The van der Waals surface area contributed by atoms with Gasteiger partial charge in [-0.1, -0.05) is 0 Å². The van der Waals surface area contributed by atoms with Gasteiger partial charge < -0.3 is 14.7 Å². The van der Waals surface area contributed by atoms with Crippen LogP contribution in [-0.4, -0.2) is 19.5 Å². The summed E-state index contributed by atoms with van der Waals surface area (Å²) in [6, 6.07) is 0. The van der Waals surface area contributed by atoms with E-state index in [0.717, 1.165) is 33.7 Å². The van der Waals surface area contributed by atoms with Gasteiger partial charge in [-0.2, -0.15) is 0 Å². The van der Waals surface area contributed by atoms with Crippen LogP contribution in [0, 0.1) is 27.7 Å². The van der Waals surface area contributed by atoms with Crippen molar-refractivity contribution in [3.8, 4) is 0 Å². The lowest BCUT2D eigenvalue weighted by molar-refractivity contribution is 0.457. The van der Waals surface area contributed by atoms with Crippen LogP contribution in [0.2, 0.25) is 0 Å². The van der Waals surface area contributed by atoms with Crippen LogP contribution >= 0.6 is 0 Å². The van der Waals surface area contributed by atoms with E-state index in [1.807, 2.05) is 27.7 Å². The summed E-state index contributed by atoms with van der Waals surface area (Å²) >= 11 is 0. The summed E-state index contributed by atoms with van der Waals surface area (Å²) in [5, 5.41) is 0.907. The summed E-state index contributed by atoms with van der Waals surface area (Å²) in [5.41, 5.74) is 9.89. The lowest BCUT2D eigenvalue weighted by atomic mass is 10.2. The summed E-state index contributed by atoms with van der Waals surface area (Å²) in [6.07, 6.45) is 1.49. The Morgan fingerprint density at radius 3 is 2.60 bits per heavy atom. The Bertz CT molecular complexity index is 780. The number of fused-ring (bicyclic) bond motifs is 1. The van der Waals surface area contributed by atoms with Gasteiger partial charge in [0.05, 0.1) is 11.1 Å². The second-order valence-corrected chi connectivity index (χ2v) is 5.00. The van der Waals surface area contributed by atoms with E-state index in [0.29, 0.717) is 18.3 Å². The topological polar surface area (TPSA) is 82.8 Å². The number of anilines is 1. The zero-order chi connectivity index (χ0) is 14.4. The van der Waals surface area contributed by atoms with Crippen molar-refractivity contribution in [2.75, 3.05) is 5.73 Å². The molecule has 6 nitrogen and oxygen atoms in total. The Balaban J connectivity index is 2.16. The molecular weight excluding hydrogens is 254 g/mol. The van der Waals surface area contributed by atoms with Crippen LogP contribution in [0.3, 0.4) is 0 Å². The minimum Gasteiger partial charge on any atom is -0.444 e. The standard InChI is InChI=1S/C14H17N5O/c1-7-9(3)19(5-11-18-8(2)10(4)20-11)14-12(7)13(15)16-6-17-14/h6H,5H2,1-4H3,(H2,15,16,17). The first-order valence-electron chi connectivity index (χ1n) is 6.47. The molecule has 3 heterocycles. The normalized spacial score (nSPS) is 11.4. The molecule has 6 heteroatoms. The summed E-state index contributed by atoms with van der Waals surface area (Å²) in [6.45, 7) is 8.46. The molecule has 3 rings (SSSR count). The number of nitrogens with zero attached hydrogens (tertiary/aromatic N) is 4. The number of oxazole rings is 1. The molecular formula is C14H17N5O. The summed E-state index contributed by atoms with van der Waals surface area (Å²) in [7, 11) is 0. The van der Waals surface area contributed by atoms with E-state index in [-0.39, 0.29) is 0 Å². The highest BCUT2D eigenvalue weighted by Crippen LogP contribution is 2.27. The minimum absolute atomic E-state index is 0.508. The highest BCUT2D eigenvalue weighted by molar-refractivity contribution is 5.90. The Morgan fingerprint density at radius 1 is 1.20 bits per heavy atom. The van der Waals surface area contributed by atoms with Gasteiger partial charge in [-0.15, -0.1) is 0 Å². The molecule has 0 amide bonds. The van der Waals surface area contributed by atoms with Gasteiger partial charge in [-0.3, -0.25) is 0 Å². The zero-order valence-corrected chi connectivity index (χ0v) is 12.1. The molecule has 0 aliphatic carbocycles. The maximum atomic E-state index is 5.96. The molecule has 0 fully saturated rings. The first-order valence-corrected chi connectivity index (χ1v) is 6.47. The van der Waals surface area contributed by atoms with Crippen molar-refractivity contribution in [1.29, 1.82) is 0 Å². The van der Waals surface area contributed by atoms with Gasteiger partial charge in [0.25, 0.3) is 0 Å². The van der Waals surface area contributed by atoms with Crippen LogP contribution in [0.25, 0.3) is 11.0 Å². The molecule has 0 saturated heterocycles. The van der Waals surface area contributed by atoms with Crippen molar-refractivity contribution in [2.24, 2.45) is 0 Å². The summed E-state index contributed by atoms with van der Waals surface area (Å²) in [5.74, 6) is 2.03. The monoisotopic (exact) mass is 271 g/mol. The fourth-order valence-electron chi connectivity index (χ4n) is 2.43. The average Bonchev–Trinajstić information content (AvgIpc) is 2.84. The maximum Gasteiger partial charge on any atom is 0.214 e. The molecule has 20 heavy (non-hydrogen) atoms. The third-order valence-corrected chi connectivity index (χ3v) is 3.80. The smallest absolute Gasteiger partial charge is 0.214 e. The Morgan fingerprint density at radius 2 is 1.95 bits per heavy atom. The minimum atomic E-state index is 0.508. The van der Waals surface area contributed by atoms with E-state index in [4.69, 9.17) is 10.2 Å². The van der Waals surface area contributed by atoms with Crippen LogP contribution in [-0.2, 0) is 6.54 Å². The zero-order valence-electron chi connectivity index (χ0n) is 12.1. The molecule has 0 bridgehead atoms. The van der Waals surface area contributed by atoms with Gasteiger partial charge in [-0.25, -0.2) is 15.0 Å². The Labute approximate surface area is 116 Å². The van der Waals surface area contributed by atoms with Crippen LogP contribution < -0.4 is 5.73 Å². The number of aryl methyl sites for hydroxylation is 3. The molecule has 3 aromatic heterocycles. The molecule has 0 aromatic carbocycles. The van der Waals surface area contributed by atoms with Crippen molar-refractivity contribution in [3.63, 3.8) is 0 Å². The van der Waals surface area contributed by atoms with Crippen LogP contribution in [0.1, 0.15) is 28.6 Å². The van der Waals surface area contributed by atoms with Crippen LogP contribution in [0.5, 0.6) is 0 Å². The third-order valence-electron chi connectivity index (χ3n) is 3.80. The molecule has 0 radical (unpaired) electrons. The predicted octanol–water partition coefficient (Wildman–Crippen LogP) is 2.28. The van der Waals surface area contributed by atoms with Crippen LogP contribution in [0.15, 0.2) is 10.7 Å². The van der Waals surface area contributed by atoms with Crippen molar-refractivity contribution >= 4 is 16.9 Å². The average molecular weight is 271 g/mol. The van der Waals surface area contributed by atoms with E-state index >= 15 is 0 Å². The van der Waals surface area contributed by atoms with Gasteiger partial charge in [-0.05, 0) is 33.3 Å². The molecule has 0 unspecified atom stereocenters. The quantitative estimate of drug-likeness (QED) is 0.773. The first kappa shape index (κ1) is 12.7. The first-order chi connectivity index (χ1) is 9.49. The highest BCUT2D eigenvalue weighted by atomic mass is 16.4. The van der Waals surface area contributed by atoms with E-state index in [9.17, 15) is 0 Å². The highest BCUT2D eigenvalue weighted by Gasteiger charge is 2.17. The number of aromatic nitrogens is 4. The van der Waals surface area contributed by atoms with Gasteiger partial charge >= 0.3 is 0 Å². The molecule has 0 saturated carbocycles. The van der Waals surface area contributed by atoms with Gasteiger partial charge in [0.1, 0.15) is 30.1 Å². The van der Waals surface area contributed by atoms with E-state index in [1.165, 1.54) is 6.33 Å². The van der Waals surface area contributed by atoms with Crippen LogP contribution in [0.4, 0.5) is 5.82 Å². The van der Waals surface area contributed by atoms with Crippen molar-refractivity contribution in [3.05, 3.63) is 34.9 Å². The van der Waals surface area contributed by atoms with Gasteiger partial charge in [0.2, 0.25) is 5.89 Å². The van der Waals surface area contributed by atoms with Crippen molar-refractivity contribution in [1.82, 2.24) is 19.5 Å². The fourth-order valence-corrected chi connectivity index (χ4v) is 2.43. The van der Waals surface area contributed by atoms with Gasteiger partial charge in [0, 0.05) is 5.69 Å². The Hall–Kier alpha value is -2.37. The molecule has 0 atom stereocenters. The predicted molar refractivity (Wildman–Crippen MR) is 76.5 cm³/mol. The van der Waals surface area contributed by atoms with E-state index < -0.39 is 0 Å². The Kier molecular flexibility index (Phi) is 2.74. The van der Waals surface area contributed by atoms with Crippen molar-refractivity contribution < 1.29 is 4.42 Å². The number of hydrogen-bond donors (Lipinski definition) is 1. The number of hydrogen-bond acceptors (Lipinski definition) is 5. The molecule has 104 valence electrons. The number of rotatable bonds is 2. The largest absolute Gasteiger partial charge is 0.444 e. The van der Waals surface area contributed by atoms with Gasteiger partial charge in [0.15, 0.2) is 0 Å². The van der Waals surface area contributed by atoms with Crippen molar-refractivity contribution in [2.45, 2.75) is 34.2 Å². The second kappa shape index (κ2) is 4.33. The molecule has 0 aliphatic rings.